The first-order chi connectivity index (χ1) is 8.97. The molecule has 1 heterocycles. The standard InChI is InChI=1S/C13H14FNO4/c14-9-6-10-7(1-3-12(17)15-10)5-8(9)11(16)2-4-13(18)19/h5-6,11,16H,1-4H2,(H,15,17)(H,18,19)/t11-/m1/s1. The summed E-state index contributed by atoms with van der Waals surface area (Å²) in [6, 6.07) is 2.67. The van der Waals surface area contributed by atoms with Crippen LogP contribution in [0.2, 0.25) is 0 Å². The van der Waals surface area contributed by atoms with Gasteiger partial charge in [-0.2, -0.15) is 0 Å². The van der Waals surface area contributed by atoms with Crippen LogP contribution in [0.3, 0.4) is 0 Å². The Morgan fingerprint density at radius 3 is 2.84 bits per heavy atom. The molecule has 1 aromatic rings. The zero-order valence-electron chi connectivity index (χ0n) is 10.1. The highest BCUT2D eigenvalue weighted by atomic mass is 19.1. The predicted octanol–water partition coefficient (Wildman–Crippen LogP) is 1.61. The number of carbonyl (C=O) groups excluding carboxylic acids is 1. The third kappa shape index (κ3) is 3.08. The zero-order chi connectivity index (χ0) is 14.0. The van der Waals surface area contributed by atoms with Gasteiger partial charge in [0.2, 0.25) is 5.91 Å². The van der Waals surface area contributed by atoms with Crippen LogP contribution >= 0.6 is 0 Å². The molecule has 5 nitrogen and oxygen atoms in total. The molecule has 1 amide bonds. The van der Waals surface area contributed by atoms with Gasteiger partial charge in [0.05, 0.1) is 6.10 Å². The maximum absolute atomic E-state index is 13.8. The molecule has 0 fully saturated rings. The van der Waals surface area contributed by atoms with Gasteiger partial charge in [-0.3, -0.25) is 9.59 Å². The Morgan fingerprint density at radius 2 is 2.16 bits per heavy atom. The molecular formula is C13H14FNO4. The van der Waals surface area contributed by atoms with E-state index >= 15 is 0 Å². The monoisotopic (exact) mass is 267 g/mol. The number of aryl methyl sites for hydroxylation is 1. The molecular weight excluding hydrogens is 253 g/mol. The Kier molecular flexibility index (Phi) is 3.80. The van der Waals surface area contributed by atoms with E-state index in [2.05, 4.69) is 5.32 Å². The minimum Gasteiger partial charge on any atom is -0.481 e. The number of hydrogen-bond donors (Lipinski definition) is 3. The van der Waals surface area contributed by atoms with Crippen molar-refractivity contribution in [3.63, 3.8) is 0 Å². The van der Waals surface area contributed by atoms with E-state index in [0.717, 1.165) is 5.56 Å². The van der Waals surface area contributed by atoms with E-state index in [4.69, 9.17) is 5.11 Å². The van der Waals surface area contributed by atoms with Gasteiger partial charge in [-0.15, -0.1) is 0 Å². The van der Waals surface area contributed by atoms with Crippen molar-refractivity contribution >= 4 is 17.6 Å². The molecule has 0 aromatic heterocycles. The fourth-order valence-corrected chi connectivity index (χ4v) is 2.09. The van der Waals surface area contributed by atoms with Crippen molar-refractivity contribution in [2.75, 3.05) is 5.32 Å². The number of anilines is 1. The number of aliphatic hydroxyl groups is 1. The average molecular weight is 267 g/mol. The van der Waals surface area contributed by atoms with Crippen LogP contribution in [0.15, 0.2) is 12.1 Å². The lowest BCUT2D eigenvalue weighted by atomic mass is 9.96. The maximum atomic E-state index is 13.8. The lowest BCUT2D eigenvalue weighted by molar-refractivity contribution is -0.137. The Morgan fingerprint density at radius 1 is 1.42 bits per heavy atom. The van der Waals surface area contributed by atoms with E-state index in [-0.39, 0.29) is 24.3 Å². The average Bonchev–Trinajstić information content (AvgIpc) is 2.35. The van der Waals surface area contributed by atoms with E-state index in [1.54, 1.807) is 0 Å². The Bertz CT molecular complexity index is 530. The molecule has 0 aliphatic carbocycles. The minimum atomic E-state index is -1.15. The number of amides is 1. The van der Waals surface area contributed by atoms with Crippen molar-refractivity contribution in [1.82, 2.24) is 0 Å². The van der Waals surface area contributed by atoms with Crippen molar-refractivity contribution in [3.8, 4) is 0 Å². The number of fused-ring (bicyclic) bond motifs is 1. The quantitative estimate of drug-likeness (QED) is 0.773. The smallest absolute Gasteiger partial charge is 0.303 e. The van der Waals surface area contributed by atoms with Crippen LogP contribution in [0.5, 0.6) is 0 Å². The molecule has 19 heavy (non-hydrogen) atoms. The Balaban J connectivity index is 2.22. The highest BCUT2D eigenvalue weighted by Crippen LogP contribution is 2.30. The van der Waals surface area contributed by atoms with Gasteiger partial charge in [0.25, 0.3) is 0 Å². The maximum Gasteiger partial charge on any atom is 0.303 e. The van der Waals surface area contributed by atoms with Crippen LogP contribution in [0.1, 0.15) is 36.5 Å². The highest BCUT2D eigenvalue weighted by molar-refractivity contribution is 5.93. The van der Waals surface area contributed by atoms with Gasteiger partial charge in [-0.25, -0.2) is 4.39 Å². The largest absolute Gasteiger partial charge is 0.481 e. The number of aliphatic carboxylic acids is 1. The number of carboxylic acid groups (broad SMARTS) is 1. The number of carboxylic acids is 1. The van der Waals surface area contributed by atoms with Gasteiger partial charge in [-0.1, -0.05) is 0 Å². The summed E-state index contributed by atoms with van der Waals surface area (Å²) < 4.78 is 13.8. The topological polar surface area (TPSA) is 86.6 Å². The molecule has 2 rings (SSSR count). The molecule has 6 heteroatoms. The first-order valence-electron chi connectivity index (χ1n) is 5.99. The van der Waals surface area contributed by atoms with Gasteiger partial charge in [0, 0.05) is 24.1 Å². The molecule has 0 spiro atoms. The normalized spacial score (nSPS) is 15.6. The first-order valence-corrected chi connectivity index (χ1v) is 5.99. The Labute approximate surface area is 109 Å². The highest BCUT2D eigenvalue weighted by Gasteiger charge is 2.21. The summed E-state index contributed by atoms with van der Waals surface area (Å²) in [6.45, 7) is 0. The molecule has 0 saturated carbocycles. The number of benzene rings is 1. The SMILES string of the molecule is O=C(O)CC[C@@H](O)c1cc2c(cc1F)NC(=O)CC2. The van der Waals surface area contributed by atoms with Crippen LogP contribution in [-0.2, 0) is 16.0 Å². The summed E-state index contributed by atoms with van der Waals surface area (Å²) in [6.07, 6.45) is -0.617. The second-order valence-corrected chi connectivity index (χ2v) is 4.53. The number of hydrogen-bond acceptors (Lipinski definition) is 3. The number of rotatable bonds is 4. The predicted molar refractivity (Wildman–Crippen MR) is 65.2 cm³/mol. The summed E-state index contributed by atoms with van der Waals surface area (Å²) >= 11 is 0. The fourth-order valence-electron chi connectivity index (χ4n) is 2.09. The molecule has 1 aliphatic rings. The molecule has 1 aliphatic heterocycles. The molecule has 1 aromatic carbocycles. The van der Waals surface area contributed by atoms with E-state index in [1.165, 1.54) is 12.1 Å². The summed E-state index contributed by atoms with van der Waals surface area (Å²) in [5.41, 5.74) is 1.25. The molecule has 0 bridgehead atoms. The van der Waals surface area contributed by atoms with E-state index < -0.39 is 17.9 Å². The molecule has 0 saturated heterocycles. The molecule has 0 unspecified atom stereocenters. The minimum absolute atomic E-state index is 0.0442. The van der Waals surface area contributed by atoms with Crippen molar-refractivity contribution < 1.29 is 24.2 Å². The zero-order valence-corrected chi connectivity index (χ0v) is 10.1. The number of aliphatic hydroxyl groups excluding tert-OH is 1. The van der Waals surface area contributed by atoms with Crippen LogP contribution in [0.25, 0.3) is 0 Å². The van der Waals surface area contributed by atoms with E-state index in [1.807, 2.05) is 0 Å². The van der Waals surface area contributed by atoms with Crippen molar-refractivity contribution in [1.29, 1.82) is 0 Å². The summed E-state index contributed by atoms with van der Waals surface area (Å²) in [5, 5.41) is 20.9. The second-order valence-electron chi connectivity index (χ2n) is 4.53. The van der Waals surface area contributed by atoms with Crippen LogP contribution in [0, 0.1) is 5.82 Å². The summed E-state index contributed by atoms with van der Waals surface area (Å²) in [4.78, 5) is 21.6. The molecule has 1 atom stereocenters. The molecule has 0 radical (unpaired) electrons. The third-order valence-electron chi connectivity index (χ3n) is 3.11. The molecule has 102 valence electrons. The summed E-state index contributed by atoms with van der Waals surface area (Å²) in [7, 11) is 0. The molecule has 3 N–H and O–H groups in total. The van der Waals surface area contributed by atoms with Gasteiger partial charge >= 0.3 is 5.97 Å². The van der Waals surface area contributed by atoms with Gasteiger partial charge in [0.1, 0.15) is 5.82 Å². The lowest BCUT2D eigenvalue weighted by Crippen LogP contribution is -2.20. The second kappa shape index (κ2) is 5.36. The van der Waals surface area contributed by atoms with Gasteiger partial charge in [-0.05, 0) is 30.5 Å². The van der Waals surface area contributed by atoms with Crippen molar-refractivity contribution in [2.24, 2.45) is 0 Å². The van der Waals surface area contributed by atoms with Crippen LogP contribution < -0.4 is 5.32 Å². The third-order valence-corrected chi connectivity index (χ3v) is 3.11. The number of halogens is 1. The lowest BCUT2D eigenvalue weighted by Gasteiger charge is -2.20. The van der Waals surface area contributed by atoms with E-state index in [9.17, 15) is 19.1 Å². The van der Waals surface area contributed by atoms with Gasteiger partial charge < -0.3 is 15.5 Å². The number of nitrogens with one attached hydrogen (secondary N) is 1. The number of carbonyl (C=O) groups is 2. The van der Waals surface area contributed by atoms with Crippen molar-refractivity contribution in [2.45, 2.75) is 31.8 Å². The fraction of sp³-hybridized carbons (Fsp3) is 0.385. The first kappa shape index (κ1) is 13.5. The Hall–Kier alpha value is -1.95. The van der Waals surface area contributed by atoms with Crippen LogP contribution in [0.4, 0.5) is 10.1 Å². The van der Waals surface area contributed by atoms with Crippen molar-refractivity contribution in [3.05, 3.63) is 29.1 Å². The van der Waals surface area contributed by atoms with Gasteiger partial charge in [0.15, 0.2) is 0 Å². The summed E-state index contributed by atoms with van der Waals surface area (Å²) in [5.74, 6) is -1.84. The van der Waals surface area contributed by atoms with Crippen LogP contribution in [-0.4, -0.2) is 22.1 Å². The van der Waals surface area contributed by atoms with E-state index in [0.29, 0.717) is 18.5 Å².